The maximum Gasteiger partial charge on any atom is 0.0595 e. The molecule has 1 aliphatic heterocycles. The second kappa shape index (κ2) is 5.30. The van der Waals surface area contributed by atoms with Gasteiger partial charge in [0.15, 0.2) is 0 Å². The number of hydrogen-bond donors (Lipinski definition) is 1. The van der Waals surface area contributed by atoms with Crippen molar-refractivity contribution in [2.75, 3.05) is 11.9 Å². The van der Waals surface area contributed by atoms with E-state index in [0.717, 1.165) is 18.7 Å². The molecule has 3 heteroatoms. The van der Waals surface area contributed by atoms with Crippen LogP contribution in [0.4, 0.5) is 5.69 Å². The predicted octanol–water partition coefficient (Wildman–Crippen LogP) is 2.76. The van der Waals surface area contributed by atoms with E-state index in [0.29, 0.717) is 12.1 Å². The largest absolute Gasteiger partial charge is 0.381 e. The van der Waals surface area contributed by atoms with Gasteiger partial charge in [-0.05, 0) is 44.7 Å². The third-order valence-electron chi connectivity index (χ3n) is 3.08. The fraction of sp³-hybridized carbons (Fsp3) is 0.615. The Bertz CT molecular complexity index is 334. The molecule has 2 atom stereocenters. The van der Waals surface area contributed by atoms with Gasteiger partial charge in [0.2, 0.25) is 0 Å². The van der Waals surface area contributed by atoms with E-state index >= 15 is 0 Å². The van der Waals surface area contributed by atoms with Crippen LogP contribution in [-0.4, -0.2) is 23.7 Å². The van der Waals surface area contributed by atoms with Crippen LogP contribution in [0.3, 0.4) is 0 Å². The first-order chi connectivity index (χ1) is 7.75. The van der Waals surface area contributed by atoms with Gasteiger partial charge in [0.05, 0.1) is 18.0 Å². The van der Waals surface area contributed by atoms with Gasteiger partial charge in [0.1, 0.15) is 0 Å². The van der Waals surface area contributed by atoms with Crippen molar-refractivity contribution < 1.29 is 4.74 Å². The highest BCUT2D eigenvalue weighted by molar-refractivity contribution is 5.48. The molecule has 0 spiro atoms. The summed E-state index contributed by atoms with van der Waals surface area (Å²) in [6, 6.07) is 2.47. The quantitative estimate of drug-likeness (QED) is 0.847. The number of rotatable bonds is 4. The van der Waals surface area contributed by atoms with Crippen LogP contribution in [0.25, 0.3) is 0 Å². The number of nitrogens with zero attached hydrogens (tertiary/aromatic N) is 1. The summed E-state index contributed by atoms with van der Waals surface area (Å²) in [4.78, 5) is 4.14. The summed E-state index contributed by atoms with van der Waals surface area (Å²) in [7, 11) is 0. The van der Waals surface area contributed by atoms with E-state index in [4.69, 9.17) is 4.74 Å². The Morgan fingerprint density at radius 2 is 2.50 bits per heavy atom. The molecule has 2 heterocycles. The number of anilines is 1. The van der Waals surface area contributed by atoms with Crippen LogP contribution in [0.2, 0.25) is 0 Å². The molecule has 2 unspecified atom stereocenters. The van der Waals surface area contributed by atoms with Gasteiger partial charge < -0.3 is 10.1 Å². The zero-order chi connectivity index (χ0) is 11.4. The van der Waals surface area contributed by atoms with Crippen molar-refractivity contribution >= 4 is 5.69 Å². The zero-order valence-electron chi connectivity index (χ0n) is 10.1. The van der Waals surface area contributed by atoms with E-state index in [2.05, 4.69) is 24.1 Å². The van der Waals surface area contributed by atoms with Gasteiger partial charge in [-0.2, -0.15) is 0 Å². The van der Waals surface area contributed by atoms with E-state index in [9.17, 15) is 0 Å². The number of aromatic nitrogens is 1. The fourth-order valence-corrected chi connectivity index (χ4v) is 2.16. The fourth-order valence-electron chi connectivity index (χ4n) is 2.16. The summed E-state index contributed by atoms with van der Waals surface area (Å²) in [6.07, 6.45) is 7.65. The van der Waals surface area contributed by atoms with Crippen LogP contribution in [0.1, 0.15) is 31.7 Å². The van der Waals surface area contributed by atoms with Gasteiger partial charge in [0.25, 0.3) is 0 Å². The topological polar surface area (TPSA) is 34.2 Å². The Balaban J connectivity index is 1.86. The molecule has 88 valence electrons. The van der Waals surface area contributed by atoms with E-state index in [1.165, 1.54) is 18.4 Å². The Hall–Kier alpha value is -1.09. The van der Waals surface area contributed by atoms with Crippen LogP contribution in [0.5, 0.6) is 0 Å². The summed E-state index contributed by atoms with van der Waals surface area (Å²) in [6.45, 7) is 5.24. The smallest absolute Gasteiger partial charge is 0.0595 e. The highest BCUT2D eigenvalue weighted by Crippen LogP contribution is 2.20. The molecule has 0 saturated carbocycles. The standard InChI is InChI=1S/C13H20N2O/c1-10-5-6-14-9-13(10)15-11(2)8-12-4-3-7-16-12/h5-6,9,11-12,15H,3-4,7-8H2,1-2H3. The molecule has 0 amide bonds. The van der Waals surface area contributed by atoms with Crippen LogP contribution < -0.4 is 5.32 Å². The molecule has 1 aromatic heterocycles. The molecule has 1 aromatic rings. The van der Waals surface area contributed by atoms with Gasteiger partial charge in [0, 0.05) is 18.8 Å². The lowest BCUT2D eigenvalue weighted by molar-refractivity contribution is 0.101. The number of nitrogens with one attached hydrogen (secondary N) is 1. The molecule has 2 rings (SSSR count). The van der Waals surface area contributed by atoms with Crippen molar-refractivity contribution in [1.29, 1.82) is 0 Å². The molecule has 1 aliphatic rings. The van der Waals surface area contributed by atoms with Crippen molar-refractivity contribution in [2.45, 2.75) is 45.3 Å². The summed E-state index contributed by atoms with van der Waals surface area (Å²) >= 11 is 0. The van der Waals surface area contributed by atoms with Crippen LogP contribution in [0, 0.1) is 6.92 Å². The summed E-state index contributed by atoms with van der Waals surface area (Å²) in [5.41, 5.74) is 2.38. The molecule has 1 fully saturated rings. The lowest BCUT2D eigenvalue weighted by Gasteiger charge is -2.19. The van der Waals surface area contributed by atoms with E-state index in [1.54, 1.807) is 0 Å². The van der Waals surface area contributed by atoms with Crippen molar-refractivity contribution in [3.05, 3.63) is 24.0 Å². The van der Waals surface area contributed by atoms with E-state index < -0.39 is 0 Å². The first-order valence-electron chi connectivity index (χ1n) is 6.04. The average molecular weight is 220 g/mol. The number of hydrogen-bond acceptors (Lipinski definition) is 3. The summed E-state index contributed by atoms with van der Waals surface area (Å²) in [5.74, 6) is 0. The van der Waals surface area contributed by atoms with Crippen molar-refractivity contribution in [1.82, 2.24) is 4.98 Å². The van der Waals surface area contributed by atoms with Gasteiger partial charge in [-0.25, -0.2) is 0 Å². The highest BCUT2D eigenvalue weighted by atomic mass is 16.5. The third-order valence-corrected chi connectivity index (χ3v) is 3.08. The van der Waals surface area contributed by atoms with Gasteiger partial charge in [-0.3, -0.25) is 4.98 Å². The van der Waals surface area contributed by atoms with Crippen molar-refractivity contribution in [2.24, 2.45) is 0 Å². The summed E-state index contributed by atoms with van der Waals surface area (Å²) in [5, 5.41) is 3.49. The number of pyridine rings is 1. The maximum absolute atomic E-state index is 5.64. The molecule has 1 saturated heterocycles. The van der Waals surface area contributed by atoms with Gasteiger partial charge in [-0.1, -0.05) is 0 Å². The van der Waals surface area contributed by atoms with Crippen molar-refractivity contribution in [3.63, 3.8) is 0 Å². The molecule has 3 nitrogen and oxygen atoms in total. The van der Waals surface area contributed by atoms with Crippen LogP contribution in [0.15, 0.2) is 18.5 Å². The Morgan fingerprint density at radius 1 is 1.62 bits per heavy atom. The monoisotopic (exact) mass is 220 g/mol. The number of ether oxygens (including phenoxy) is 1. The summed E-state index contributed by atoms with van der Waals surface area (Å²) < 4.78 is 5.64. The molecule has 0 radical (unpaired) electrons. The van der Waals surface area contributed by atoms with Gasteiger partial charge in [-0.15, -0.1) is 0 Å². The SMILES string of the molecule is Cc1ccncc1NC(C)CC1CCCO1. The molecule has 0 bridgehead atoms. The lowest BCUT2D eigenvalue weighted by Crippen LogP contribution is -2.22. The zero-order valence-corrected chi connectivity index (χ0v) is 10.1. The average Bonchev–Trinajstić information content (AvgIpc) is 2.74. The molecular weight excluding hydrogens is 200 g/mol. The van der Waals surface area contributed by atoms with E-state index in [-0.39, 0.29) is 0 Å². The van der Waals surface area contributed by atoms with Crippen molar-refractivity contribution in [3.8, 4) is 0 Å². The van der Waals surface area contributed by atoms with Crippen LogP contribution >= 0.6 is 0 Å². The second-order valence-corrected chi connectivity index (χ2v) is 4.61. The Morgan fingerprint density at radius 3 is 3.19 bits per heavy atom. The first-order valence-corrected chi connectivity index (χ1v) is 6.04. The molecule has 16 heavy (non-hydrogen) atoms. The van der Waals surface area contributed by atoms with Crippen LogP contribution in [-0.2, 0) is 4.74 Å². The molecule has 0 aliphatic carbocycles. The van der Waals surface area contributed by atoms with E-state index in [1.807, 2.05) is 18.5 Å². The molecule has 1 N–H and O–H groups in total. The normalized spacial score (nSPS) is 22.0. The maximum atomic E-state index is 5.64. The Kier molecular flexibility index (Phi) is 3.78. The van der Waals surface area contributed by atoms with Gasteiger partial charge >= 0.3 is 0 Å². The predicted molar refractivity (Wildman–Crippen MR) is 65.6 cm³/mol. The first kappa shape index (κ1) is 11.4. The Labute approximate surface area is 97.2 Å². The number of aryl methyl sites for hydroxylation is 1. The minimum Gasteiger partial charge on any atom is -0.381 e. The second-order valence-electron chi connectivity index (χ2n) is 4.61. The minimum atomic E-state index is 0.436. The molecule has 0 aromatic carbocycles. The minimum absolute atomic E-state index is 0.436. The lowest BCUT2D eigenvalue weighted by atomic mass is 10.1. The molecular formula is C13H20N2O. The third kappa shape index (κ3) is 2.95. The highest BCUT2D eigenvalue weighted by Gasteiger charge is 2.18.